The maximum absolute atomic E-state index is 11.4. The molecule has 3 heteroatoms. The summed E-state index contributed by atoms with van der Waals surface area (Å²) in [6.45, 7) is 0. The second-order valence-corrected chi connectivity index (χ2v) is 3.61. The van der Waals surface area contributed by atoms with Crippen molar-refractivity contribution in [1.82, 2.24) is 0 Å². The number of benzene rings is 1. The second-order valence-electron chi connectivity index (χ2n) is 3.61. The minimum Gasteiger partial charge on any atom is -0.465 e. The molecule has 3 nitrogen and oxygen atoms in total. The summed E-state index contributed by atoms with van der Waals surface area (Å²) in [4.78, 5) is 11.4. The maximum Gasteiger partial charge on any atom is 0.338 e. The number of hydrogen-bond acceptors (Lipinski definition) is 3. The molecule has 2 N–H and O–H groups in total. The quantitative estimate of drug-likeness (QED) is 0.574. The first-order chi connectivity index (χ1) is 6.72. The predicted octanol–water partition coefficient (Wildman–Crippen LogP) is 1.93. The van der Waals surface area contributed by atoms with Gasteiger partial charge in [0, 0.05) is 5.69 Å². The molecule has 1 aliphatic carbocycles. The molecule has 0 spiro atoms. The van der Waals surface area contributed by atoms with Gasteiger partial charge >= 0.3 is 5.97 Å². The Bertz CT molecular complexity index is 370. The lowest BCUT2D eigenvalue weighted by atomic mass is 10.0. The molecule has 1 saturated carbocycles. The molecule has 0 bridgehead atoms. The van der Waals surface area contributed by atoms with Crippen LogP contribution in [-0.4, -0.2) is 13.1 Å². The van der Waals surface area contributed by atoms with Gasteiger partial charge in [0.05, 0.1) is 12.7 Å². The van der Waals surface area contributed by atoms with Gasteiger partial charge in [-0.2, -0.15) is 0 Å². The lowest BCUT2D eigenvalue weighted by molar-refractivity contribution is 0.0599. The van der Waals surface area contributed by atoms with E-state index in [2.05, 4.69) is 0 Å². The van der Waals surface area contributed by atoms with Crippen LogP contribution in [-0.2, 0) is 4.74 Å². The third kappa shape index (κ3) is 1.58. The molecule has 14 heavy (non-hydrogen) atoms. The summed E-state index contributed by atoms with van der Waals surface area (Å²) in [5.41, 5.74) is 7.93. The first-order valence-corrected chi connectivity index (χ1v) is 4.70. The largest absolute Gasteiger partial charge is 0.465 e. The average molecular weight is 191 g/mol. The van der Waals surface area contributed by atoms with E-state index in [0.717, 1.165) is 18.4 Å². The lowest BCUT2D eigenvalue weighted by Crippen LogP contribution is -2.06. The van der Waals surface area contributed by atoms with E-state index in [0.29, 0.717) is 17.2 Å². The third-order valence-electron chi connectivity index (χ3n) is 2.50. The van der Waals surface area contributed by atoms with Crippen LogP contribution in [0.3, 0.4) is 0 Å². The van der Waals surface area contributed by atoms with Crippen LogP contribution in [0.2, 0.25) is 0 Å². The van der Waals surface area contributed by atoms with Crippen molar-refractivity contribution in [2.45, 2.75) is 18.8 Å². The number of nitrogens with two attached hydrogens (primary N) is 1. The topological polar surface area (TPSA) is 52.3 Å². The van der Waals surface area contributed by atoms with Gasteiger partial charge in [-0.25, -0.2) is 4.79 Å². The number of rotatable bonds is 2. The van der Waals surface area contributed by atoms with Crippen LogP contribution in [0.25, 0.3) is 0 Å². The average Bonchev–Trinajstić information content (AvgIpc) is 3.00. The van der Waals surface area contributed by atoms with E-state index in [-0.39, 0.29) is 5.97 Å². The fraction of sp³-hybridized carbons (Fsp3) is 0.364. The summed E-state index contributed by atoms with van der Waals surface area (Å²) in [6.07, 6.45) is 2.32. The smallest absolute Gasteiger partial charge is 0.338 e. The molecule has 0 amide bonds. The zero-order chi connectivity index (χ0) is 10.1. The van der Waals surface area contributed by atoms with E-state index in [1.54, 1.807) is 6.07 Å². The number of methoxy groups -OCH3 is 1. The van der Waals surface area contributed by atoms with Crippen molar-refractivity contribution >= 4 is 11.7 Å². The van der Waals surface area contributed by atoms with Gasteiger partial charge in [-0.15, -0.1) is 0 Å². The molecule has 2 rings (SSSR count). The minimum absolute atomic E-state index is 0.292. The van der Waals surface area contributed by atoms with Crippen molar-refractivity contribution < 1.29 is 9.53 Å². The number of esters is 1. The summed E-state index contributed by atoms with van der Waals surface area (Å²) in [5, 5.41) is 0. The Morgan fingerprint density at radius 3 is 2.79 bits per heavy atom. The van der Waals surface area contributed by atoms with Crippen LogP contribution in [0.1, 0.15) is 34.7 Å². The second kappa shape index (κ2) is 3.33. The summed E-state index contributed by atoms with van der Waals surface area (Å²) in [5.74, 6) is 0.240. The highest BCUT2D eigenvalue weighted by Gasteiger charge is 2.28. The molecule has 1 aliphatic rings. The Morgan fingerprint density at radius 2 is 2.21 bits per heavy atom. The molecular formula is C11H13NO2. The van der Waals surface area contributed by atoms with Gasteiger partial charge in [-0.3, -0.25) is 0 Å². The van der Waals surface area contributed by atoms with E-state index >= 15 is 0 Å². The van der Waals surface area contributed by atoms with Crippen LogP contribution in [0.5, 0.6) is 0 Å². The summed E-state index contributed by atoms with van der Waals surface area (Å²) < 4.78 is 4.72. The first-order valence-electron chi connectivity index (χ1n) is 4.70. The van der Waals surface area contributed by atoms with Crippen molar-refractivity contribution in [3.63, 3.8) is 0 Å². The van der Waals surface area contributed by atoms with Crippen molar-refractivity contribution in [3.8, 4) is 0 Å². The first kappa shape index (κ1) is 9.06. The minimum atomic E-state index is -0.292. The van der Waals surface area contributed by atoms with Gasteiger partial charge in [-0.05, 0) is 36.5 Å². The highest BCUT2D eigenvalue weighted by Crippen LogP contribution is 2.42. The Hall–Kier alpha value is -1.51. The van der Waals surface area contributed by atoms with Gasteiger partial charge in [0.1, 0.15) is 0 Å². The molecule has 1 fully saturated rings. The Kier molecular flexibility index (Phi) is 2.15. The fourth-order valence-electron chi connectivity index (χ4n) is 1.61. The van der Waals surface area contributed by atoms with E-state index in [4.69, 9.17) is 10.5 Å². The van der Waals surface area contributed by atoms with Gasteiger partial charge in [-0.1, -0.05) is 6.07 Å². The Balaban J connectivity index is 2.42. The lowest BCUT2D eigenvalue weighted by Gasteiger charge is -2.07. The van der Waals surface area contributed by atoms with Crippen molar-refractivity contribution in [2.24, 2.45) is 0 Å². The molecular weight excluding hydrogens is 178 g/mol. The summed E-state index contributed by atoms with van der Waals surface area (Å²) in [6, 6.07) is 5.46. The highest BCUT2D eigenvalue weighted by molar-refractivity contribution is 5.92. The van der Waals surface area contributed by atoms with Crippen LogP contribution < -0.4 is 5.73 Å². The number of carbonyl (C=O) groups is 1. The molecule has 1 aromatic carbocycles. The van der Waals surface area contributed by atoms with Crippen molar-refractivity contribution in [2.75, 3.05) is 12.8 Å². The van der Waals surface area contributed by atoms with E-state index in [9.17, 15) is 4.79 Å². The predicted molar refractivity (Wildman–Crippen MR) is 54.2 cm³/mol. The van der Waals surface area contributed by atoms with Crippen LogP contribution in [0.4, 0.5) is 5.69 Å². The van der Waals surface area contributed by atoms with Crippen LogP contribution >= 0.6 is 0 Å². The molecule has 0 unspecified atom stereocenters. The molecule has 0 aromatic heterocycles. The van der Waals surface area contributed by atoms with E-state index in [1.165, 1.54) is 7.11 Å². The Labute approximate surface area is 82.9 Å². The van der Waals surface area contributed by atoms with Gasteiger partial charge in [0.15, 0.2) is 0 Å². The molecule has 1 aromatic rings. The summed E-state index contributed by atoms with van der Waals surface area (Å²) >= 11 is 0. The number of anilines is 1. The molecule has 0 atom stereocenters. The Morgan fingerprint density at radius 1 is 1.50 bits per heavy atom. The van der Waals surface area contributed by atoms with Crippen molar-refractivity contribution in [3.05, 3.63) is 29.3 Å². The SMILES string of the molecule is COC(=O)c1cc(N)ccc1C1CC1. The zero-order valence-electron chi connectivity index (χ0n) is 8.12. The van der Waals surface area contributed by atoms with Gasteiger partial charge < -0.3 is 10.5 Å². The number of nitrogen functional groups attached to an aromatic ring is 1. The van der Waals surface area contributed by atoms with E-state index in [1.807, 2.05) is 12.1 Å². The number of hydrogen-bond donors (Lipinski definition) is 1. The molecule has 0 aliphatic heterocycles. The van der Waals surface area contributed by atoms with E-state index < -0.39 is 0 Å². The standard InChI is InChI=1S/C11H13NO2/c1-14-11(13)10-6-8(12)4-5-9(10)7-2-3-7/h4-7H,2-3,12H2,1H3. The maximum atomic E-state index is 11.4. The number of carbonyl (C=O) groups excluding carboxylic acids is 1. The monoisotopic (exact) mass is 191 g/mol. The number of ether oxygens (including phenoxy) is 1. The zero-order valence-corrected chi connectivity index (χ0v) is 8.12. The normalized spacial score (nSPS) is 15.2. The van der Waals surface area contributed by atoms with Gasteiger partial charge in [0.25, 0.3) is 0 Å². The molecule has 0 radical (unpaired) electrons. The molecule has 0 saturated heterocycles. The third-order valence-corrected chi connectivity index (χ3v) is 2.50. The van der Waals surface area contributed by atoms with Gasteiger partial charge in [0.2, 0.25) is 0 Å². The summed E-state index contributed by atoms with van der Waals surface area (Å²) in [7, 11) is 1.39. The van der Waals surface area contributed by atoms with Crippen LogP contribution in [0, 0.1) is 0 Å². The highest BCUT2D eigenvalue weighted by atomic mass is 16.5. The van der Waals surface area contributed by atoms with Crippen LogP contribution in [0.15, 0.2) is 18.2 Å². The molecule has 0 heterocycles. The molecule has 74 valence electrons. The van der Waals surface area contributed by atoms with Crippen molar-refractivity contribution in [1.29, 1.82) is 0 Å². The fourth-order valence-corrected chi connectivity index (χ4v) is 1.61.